The molecule has 0 atom stereocenters. The molecule has 4 nitrogen and oxygen atoms in total. The number of unbranched alkanes of at least 4 members (excludes halogenated alkanes) is 2. The summed E-state index contributed by atoms with van der Waals surface area (Å²) in [6, 6.07) is 16.6. The SMILES string of the molecule is CCCCC(=O)Oc1ccc2[nH]cc(CCCCN3CC=C(c4ccccc4)CC3)c2c1. The van der Waals surface area contributed by atoms with E-state index in [1.54, 1.807) is 0 Å². The normalized spacial score (nSPS) is 14.5. The van der Waals surface area contributed by atoms with Crippen molar-refractivity contribution in [2.45, 2.75) is 51.9 Å². The maximum atomic E-state index is 12.0. The molecule has 2 aromatic carbocycles. The summed E-state index contributed by atoms with van der Waals surface area (Å²) in [7, 11) is 0. The molecule has 0 saturated carbocycles. The highest BCUT2D eigenvalue weighted by Crippen LogP contribution is 2.26. The lowest BCUT2D eigenvalue weighted by Crippen LogP contribution is -2.29. The Morgan fingerprint density at radius 1 is 1.09 bits per heavy atom. The smallest absolute Gasteiger partial charge is 0.311 e. The molecule has 1 N–H and O–H groups in total. The molecule has 0 bridgehead atoms. The summed E-state index contributed by atoms with van der Waals surface area (Å²) < 4.78 is 5.53. The van der Waals surface area contributed by atoms with Crippen LogP contribution in [0.2, 0.25) is 0 Å². The molecule has 1 aromatic heterocycles. The molecular formula is C28H34N2O2. The molecule has 0 amide bonds. The lowest BCUT2D eigenvalue weighted by atomic mass is 9.99. The number of ether oxygens (including phenoxy) is 1. The Kier molecular flexibility index (Phi) is 7.78. The van der Waals surface area contributed by atoms with Crippen LogP contribution in [0.4, 0.5) is 0 Å². The molecule has 4 rings (SSSR count). The second-order valence-corrected chi connectivity index (χ2v) is 8.70. The minimum Gasteiger partial charge on any atom is -0.427 e. The molecule has 2 heterocycles. The first kappa shape index (κ1) is 22.3. The number of H-pyrrole nitrogens is 1. The van der Waals surface area contributed by atoms with Gasteiger partial charge in [0.2, 0.25) is 0 Å². The number of nitrogens with zero attached hydrogens (tertiary/aromatic N) is 1. The quantitative estimate of drug-likeness (QED) is 0.231. The van der Waals surface area contributed by atoms with Crippen LogP contribution >= 0.6 is 0 Å². The third-order valence-electron chi connectivity index (χ3n) is 6.31. The lowest BCUT2D eigenvalue weighted by Gasteiger charge is -2.26. The summed E-state index contributed by atoms with van der Waals surface area (Å²) >= 11 is 0. The first-order valence-electron chi connectivity index (χ1n) is 12.0. The van der Waals surface area contributed by atoms with Gasteiger partial charge in [0.15, 0.2) is 0 Å². The molecule has 4 heteroatoms. The van der Waals surface area contributed by atoms with Crippen molar-refractivity contribution < 1.29 is 9.53 Å². The number of nitrogens with one attached hydrogen (secondary N) is 1. The number of esters is 1. The maximum absolute atomic E-state index is 12.0. The third-order valence-corrected chi connectivity index (χ3v) is 6.31. The Morgan fingerprint density at radius 2 is 1.97 bits per heavy atom. The highest BCUT2D eigenvalue weighted by molar-refractivity contribution is 5.85. The summed E-state index contributed by atoms with van der Waals surface area (Å²) in [4.78, 5) is 17.9. The van der Waals surface area contributed by atoms with Gasteiger partial charge in [-0.05, 0) is 73.5 Å². The van der Waals surface area contributed by atoms with E-state index in [0.29, 0.717) is 12.2 Å². The van der Waals surface area contributed by atoms with Crippen LogP contribution in [-0.4, -0.2) is 35.5 Å². The van der Waals surface area contributed by atoms with Crippen LogP contribution in [0.1, 0.15) is 56.6 Å². The van der Waals surface area contributed by atoms with Crippen molar-refractivity contribution in [1.82, 2.24) is 9.88 Å². The molecule has 1 aliphatic heterocycles. The molecule has 0 spiro atoms. The second-order valence-electron chi connectivity index (χ2n) is 8.70. The number of carbonyl (C=O) groups excluding carboxylic acids is 1. The van der Waals surface area contributed by atoms with Gasteiger partial charge in [0.05, 0.1) is 0 Å². The molecule has 0 unspecified atom stereocenters. The average molecular weight is 431 g/mol. The number of hydrogen-bond acceptors (Lipinski definition) is 3. The molecule has 0 radical (unpaired) electrons. The van der Waals surface area contributed by atoms with Crippen molar-refractivity contribution in [2.75, 3.05) is 19.6 Å². The largest absolute Gasteiger partial charge is 0.427 e. The zero-order valence-corrected chi connectivity index (χ0v) is 19.1. The fraction of sp³-hybridized carbons (Fsp3) is 0.393. The minimum absolute atomic E-state index is 0.144. The monoisotopic (exact) mass is 430 g/mol. The third kappa shape index (κ3) is 5.89. The summed E-state index contributed by atoms with van der Waals surface area (Å²) in [5.41, 5.74) is 5.24. The number of aromatic amines is 1. The first-order chi connectivity index (χ1) is 15.7. The number of rotatable bonds is 10. The number of aromatic nitrogens is 1. The summed E-state index contributed by atoms with van der Waals surface area (Å²) in [6.45, 7) is 5.40. The number of carbonyl (C=O) groups is 1. The van der Waals surface area contributed by atoms with E-state index < -0.39 is 0 Å². The summed E-state index contributed by atoms with van der Waals surface area (Å²) in [6.07, 6.45) is 11.3. The van der Waals surface area contributed by atoms with E-state index >= 15 is 0 Å². The van der Waals surface area contributed by atoms with E-state index in [1.165, 1.54) is 28.5 Å². The predicted molar refractivity (Wildman–Crippen MR) is 132 cm³/mol. The Bertz CT molecular complexity index is 1050. The van der Waals surface area contributed by atoms with Crippen LogP contribution in [0.25, 0.3) is 16.5 Å². The standard InChI is InChI=1S/C28H34N2O2/c1-2-3-12-28(31)32-25-13-14-27-26(20-25)24(21-29-27)11-7-8-17-30-18-15-23(16-19-30)22-9-5-4-6-10-22/h4-6,9-10,13-15,20-21,29H,2-3,7-8,11-12,16-19H2,1H3. The van der Waals surface area contributed by atoms with Crippen molar-refractivity contribution in [3.8, 4) is 5.75 Å². The second kappa shape index (κ2) is 11.1. The Balaban J connectivity index is 1.25. The van der Waals surface area contributed by atoms with Gasteiger partial charge in [-0.3, -0.25) is 9.69 Å². The molecular weight excluding hydrogens is 396 g/mol. The van der Waals surface area contributed by atoms with Crippen LogP contribution in [0.5, 0.6) is 5.75 Å². The molecule has 0 aliphatic carbocycles. The predicted octanol–water partition coefficient (Wildman–Crippen LogP) is 6.38. The fourth-order valence-electron chi connectivity index (χ4n) is 4.41. The van der Waals surface area contributed by atoms with Gasteiger partial charge >= 0.3 is 5.97 Å². The van der Waals surface area contributed by atoms with Crippen LogP contribution in [-0.2, 0) is 11.2 Å². The zero-order valence-electron chi connectivity index (χ0n) is 19.1. The highest BCUT2D eigenvalue weighted by atomic mass is 16.5. The number of hydrogen-bond donors (Lipinski definition) is 1. The van der Waals surface area contributed by atoms with Crippen LogP contribution in [0, 0.1) is 0 Å². The van der Waals surface area contributed by atoms with Gasteiger partial charge in [-0.1, -0.05) is 49.8 Å². The van der Waals surface area contributed by atoms with Gasteiger partial charge in [-0.25, -0.2) is 0 Å². The lowest BCUT2D eigenvalue weighted by molar-refractivity contribution is -0.134. The molecule has 0 saturated heterocycles. The van der Waals surface area contributed by atoms with E-state index in [2.05, 4.69) is 59.4 Å². The maximum Gasteiger partial charge on any atom is 0.311 e. The van der Waals surface area contributed by atoms with Gasteiger partial charge < -0.3 is 9.72 Å². The topological polar surface area (TPSA) is 45.3 Å². The minimum atomic E-state index is -0.144. The van der Waals surface area contributed by atoms with E-state index in [0.717, 1.165) is 57.3 Å². The number of fused-ring (bicyclic) bond motifs is 1. The Labute approximate surface area is 191 Å². The first-order valence-corrected chi connectivity index (χ1v) is 12.0. The van der Waals surface area contributed by atoms with Crippen molar-refractivity contribution in [2.24, 2.45) is 0 Å². The van der Waals surface area contributed by atoms with Crippen LogP contribution < -0.4 is 4.74 Å². The van der Waals surface area contributed by atoms with E-state index in [4.69, 9.17) is 4.74 Å². The molecule has 3 aromatic rings. The molecule has 0 fully saturated rings. The van der Waals surface area contributed by atoms with Crippen LogP contribution in [0.3, 0.4) is 0 Å². The molecule has 168 valence electrons. The average Bonchev–Trinajstić information content (AvgIpc) is 3.23. The summed E-state index contributed by atoms with van der Waals surface area (Å²) in [5, 5.41) is 1.17. The molecule has 32 heavy (non-hydrogen) atoms. The Hall–Kier alpha value is -2.85. The zero-order chi connectivity index (χ0) is 22.2. The van der Waals surface area contributed by atoms with Gasteiger partial charge in [-0.15, -0.1) is 0 Å². The molecule has 1 aliphatic rings. The van der Waals surface area contributed by atoms with E-state index in [9.17, 15) is 4.79 Å². The van der Waals surface area contributed by atoms with Crippen molar-refractivity contribution >= 4 is 22.4 Å². The van der Waals surface area contributed by atoms with Gasteiger partial charge in [0, 0.05) is 36.6 Å². The van der Waals surface area contributed by atoms with Crippen molar-refractivity contribution in [3.05, 3.63) is 71.9 Å². The van der Waals surface area contributed by atoms with Crippen molar-refractivity contribution in [1.29, 1.82) is 0 Å². The summed E-state index contributed by atoms with van der Waals surface area (Å²) in [5.74, 6) is 0.503. The number of aryl methyl sites for hydroxylation is 1. The highest BCUT2D eigenvalue weighted by Gasteiger charge is 2.13. The fourth-order valence-corrected chi connectivity index (χ4v) is 4.41. The van der Waals surface area contributed by atoms with Gasteiger partial charge in [0.1, 0.15) is 5.75 Å². The van der Waals surface area contributed by atoms with E-state index in [1.807, 2.05) is 18.2 Å². The Morgan fingerprint density at radius 3 is 2.75 bits per heavy atom. The van der Waals surface area contributed by atoms with E-state index in [-0.39, 0.29) is 5.97 Å². The van der Waals surface area contributed by atoms with Gasteiger partial charge in [0.25, 0.3) is 0 Å². The van der Waals surface area contributed by atoms with Crippen molar-refractivity contribution in [3.63, 3.8) is 0 Å². The number of benzene rings is 2. The van der Waals surface area contributed by atoms with Gasteiger partial charge in [-0.2, -0.15) is 0 Å². The van der Waals surface area contributed by atoms with Crippen LogP contribution in [0.15, 0.2) is 60.8 Å².